The van der Waals surface area contributed by atoms with Crippen LogP contribution in [0.3, 0.4) is 0 Å². The number of primary amides is 1. The monoisotopic (exact) mass is 251 g/mol. The fourth-order valence-electron chi connectivity index (χ4n) is 1.94. The number of benzene rings is 1. The van der Waals surface area contributed by atoms with Crippen molar-refractivity contribution in [1.29, 1.82) is 0 Å². The van der Waals surface area contributed by atoms with Gasteiger partial charge in [-0.1, -0.05) is 6.07 Å². The Morgan fingerprint density at radius 2 is 2.06 bits per heavy atom. The van der Waals surface area contributed by atoms with Gasteiger partial charge in [-0.25, -0.2) is 0 Å². The molecule has 0 radical (unpaired) electrons. The third kappa shape index (κ3) is 3.63. The molecule has 0 atom stereocenters. The smallest absolute Gasteiger partial charge is 0.250 e. The second-order valence-electron chi connectivity index (χ2n) is 4.31. The first-order chi connectivity index (χ1) is 8.57. The van der Waals surface area contributed by atoms with Crippen LogP contribution in [0.4, 0.5) is 11.4 Å². The molecule has 18 heavy (non-hydrogen) atoms. The zero-order valence-electron chi connectivity index (χ0n) is 10.7. The number of nitrogen functional groups attached to an aromatic ring is 1. The molecule has 1 aromatic rings. The number of rotatable bonds is 7. The van der Waals surface area contributed by atoms with Crippen molar-refractivity contribution in [3.8, 4) is 0 Å². The molecule has 0 aliphatic heterocycles. The fourth-order valence-corrected chi connectivity index (χ4v) is 1.94. The van der Waals surface area contributed by atoms with E-state index in [1.807, 2.05) is 11.9 Å². The van der Waals surface area contributed by atoms with Crippen LogP contribution in [-0.4, -0.2) is 31.2 Å². The van der Waals surface area contributed by atoms with E-state index in [-0.39, 0.29) is 6.61 Å². The van der Waals surface area contributed by atoms with Gasteiger partial charge in [0.2, 0.25) is 0 Å². The van der Waals surface area contributed by atoms with Gasteiger partial charge in [-0.05, 0) is 31.4 Å². The Balaban J connectivity index is 2.77. The summed E-state index contributed by atoms with van der Waals surface area (Å²) in [6.45, 7) is 0.984. The van der Waals surface area contributed by atoms with Crippen LogP contribution >= 0.6 is 0 Å². The molecular formula is C13H21N3O2. The van der Waals surface area contributed by atoms with Crippen molar-refractivity contribution in [2.45, 2.75) is 19.3 Å². The van der Waals surface area contributed by atoms with Crippen LogP contribution in [0.1, 0.15) is 29.6 Å². The lowest BCUT2D eigenvalue weighted by Crippen LogP contribution is -2.24. The lowest BCUT2D eigenvalue weighted by atomic mass is 10.1. The van der Waals surface area contributed by atoms with Gasteiger partial charge in [-0.15, -0.1) is 0 Å². The minimum Gasteiger partial charge on any atom is -0.397 e. The summed E-state index contributed by atoms with van der Waals surface area (Å²) in [6.07, 6.45) is 2.67. The van der Waals surface area contributed by atoms with Crippen molar-refractivity contribution in [3.05, 3.63) is 23.8 Å². The maximum Gasteiger partial charge on any atom is 0.250 e. The SMILES string of the molecule is CN(CCCCCO)c1c(N)cccc1C(N)=O. The van der Waals surface area contributed by atoms with Crippen molar-refractivity contribution >= 4 is 17.3 Å². The molecule has 0 fully saturated rings. The Hall–Kier alpha value is -1.75. The van der Waals surface area contributed by atoms with Gasteiger partial charge in [0.1, 0.15) is 0 Å². The lowest BCUT2D eigenvalue weighted by Gasteiger charge is -2.23. The fraction of sp³-hybridized carbons (Fsp3) is 0.462. The number of aliphatic hydroxyl groups is 1. The van der Waals surface area contributed by atoms with E-state index in [1.165, 1.54) is 0 Å². The summed E-state index contributed by atoms with van der Waals surface area (Å²) < 4.78 is 0. The molecule has 0 unspecified atom stereocenters. The third-order valence-corrected chi connectivity index (χ3v) is 2.87. The average molecular weight is 251 g/mol. The number of anilines is 2. The summed E-state index contributed by atoms with van der Waals surface area (Å²) in [5.74, 6) is -0.473. The number of unbranched alkanes of at least 4 members (excludes halogenated alkanes) is 2. The van der Waals surface area contributed by atoms with Crippen LogP contribution < -0.4 is 16.4 Å². The van der Waals surface area contributed by atoms with Gasteiger partial charge in [0, 0.05) is 20.2 Å². The van der Waals surface area contributed by atoms with Gasteiger partial charge in [0.15, 0.2) is 0 Å². The molecule has 0 aliphatic rings. The highest BCUT2D eigenvalue weighted by atomic mass is 16.2. The van der Waals surface area contributed by atoms with Gasteiger partial charge < -0.3 is 21.5 Å². The standard InChI is InChI=1S/C13H21N3O2/c1-16(8-3-2-4-9-17)12-10(13(15)18)6-5-7-11(12)14/h5-7,17H,2-4,8-9,14H2,1H3,(H2,15,18). The molecule has 5 N–H and O–H groups in total. The van der Waals surface area contributed by atoms with Gasteiger partial charge in [-0.3, -0.25) is 4.79 Å². The number of hydrogen-bond donors (Lipinski definition) is 3. The lowest BCUT2D eigenvalue weighted by molar-refractivity contribution is 0.100. The molecule has 0 saturated carbocycles. The van der Waals surface area contributed by atoms with Crippen molar-refractivity contribution in [2.75, 3.05) is 30.8 Å². The van der Waals surface area contributed by atoms with E-state index in [4.69, 9.17) is 16.6 Å². The highest BCUT2D eigenvalue weighted by Gasteiger charge is 2.14. The van der Waals surface area contributed by atoms with Gasteiger partial charge in [-0.2, -0.15) is 0 Å². The zero-order chi connectivity index (χ0) is 13.5. The number of nitrogens with zero attached hydrogens (tertiary/aromatic N) is 1. The zero-order valence-corrected chi connectivity index (χ0v) is 10.7. The first kappa shape index (κ1) is 14.3. The van der Waals surface area contributed by atoms with E-state index in [1.54, 1.807) is 18.2 Å². The Morgan fingerprint density at radius 1 is 1.33 bits per heavy atom. The summed E-state index contributed by atoms with van der Waals surface area (Å²) in [5.41, 5.74) is 12.9. The Morgan fingerprint density at radius 3 is 2.67 bits per heavy atom. The molecule has 0 aromatic heterocycles. The summed E-state index contributed by atoms with van der Waals surface area (Å²) in [5, 5.41) is 8.71. The van der Waals surface area contributed by atoms with E-state index in [2.05, 4.69) is 0 Å². The van der Waals surface area contributed by atoms with Gasteiger partial charge >= 0.3 is 0 Å². The molecule has 0 saturated heterocycles. The van der Waals surface area contributed by atoms with Gasteiger partial charge in [0.05, 0.1) is 16.9 Å². The summed E-state index contributed by atoms with van der Waals surface area (Å²) in [4.78, 5) is 13.3. The van der Waals surface area contributed by atoms with Crippen molar-refractivity contribution < 1.29 is 9.90 Å². The number of carbonyl (C=O) groups is 1. The van der Waals surface area contributed by atoms with Crippen LogP contribution in [0, 0.1) is 0 Å². The summed E-state index contributed by atoms with van der Waals surface area (Å²) in [6, 6.07) is 5.16. The van der Waals surface area contributed by atoms with Crippen LogP contribution in [0.25, 0.3) is 0 Å². The van der Waals surface area contributed by atoms with E-state index < -0.39 is 5.91 Å². The molecule has 0 bridgehead atoms. The van der Waals surface area contributed by atoms with E-state index in [9.17, 15) is 4.79 Å². The van der Waals surface area contributed by atoms with Crippen molar-refractivity contribution in [3.63, 3.8) is 0 Å². The highest BCUT2D eigenvalue weighted by Crippen LogP contribution is 2.26. The predicted molar refractivity (Wildman–Crippen MR) is 73.6 cm³/mol. The Kier molecular flexibility index (Phi) is 5.45. The highest BCUT2D eigenvalue weighted by molar-refractivity contribution is 6.01. The molecule has 5 nitrogen and oxygen atoms in total. The molecule has 1 rings (SSSR count). The molecule has 1 amide bonds. The van der Waals surface area contributed by atoms with Gasteiger partial charge in [0.25, 0.3) is 5.91 Å². The minimum absolute atomic E-state index is 0.212. The maximum atomic E-state index is 11.4. The first-order valence-electron chi connectivity index (χ1n) is 6.08. The number of para-hydroxylation sites is 1. The quantitative estimate of drug-likeness (QED) is 0.497. The molecule has 100 valence electrons. The number of hydrogen-bond acceptors (Lipinski definition) is 4. The second kappa shape index (κ2) is 6.86. The van der Waals surface area contributed by atoms with E-state index in [0.29, 0.717) is 16.9 Å². The summed E-state index contributed by atoms with van der Waals surface area (Å²) in [7, 11) is 1.89. The van der Waals surface area contributed by atoms with E-state index >= 15 is 0 Å². The minimum atomic E-state index is -0.473. The number of nitrogens with two attached hydrogens (primary N) is 2. The topological polar surface area (TPSA) is 92.6 Å². The molecule has 5 heteroatoms. The first-order valence-corrected chi connectivity index (χ1v) is 6.08. The normalized spacial score (nSPS) is 10.3. The Bertz CT molecular complexity index is 407. The molecule has 1 aromatic carbocycles. The third-order valence-electron chi connectivity index (χ3n) is 2.87. The number of aliphatic hydroxyl groups excluding tert-OH is 1. The van der Waals surface area contributed by atoms with Crippen LogP contribution in [0.2, 0.25) is 0 Å². The number of carbonyl (C=O) groups excluding carboxylic acids is 1. The van der Waals surface area contributed by atoms with Crippen LogP contribution in [-0.2, 0) is 0 Å². The maximum absolute atomic E-state index is 11.4. The van der Waals surface area contributed by atoms with Crippen molar-refractivity contribution in [1.82, 2.24) is 0 Å². The van der Waals surface area contributed by atoms with E-state index in [0.717, 1.165) is 25.8 Å². The largest absolute Gasteiger partial charge is 0.397 e. The van der Waals surface area contributed by atoms with Crippen LogP contribution in [0.5, 0.6) is 0 Å². The average Bonchev–Trinajstić information content (AvgIpc) is 2.34. The molecule has 0 heterocycles. The predicted octanol–water partition coefficient (Wildman–Crippen LogP) is 0.967. The molecule has 0 spiro atoms. The summed E-state index contributed by atoms with van der Waals surface area (Å²) >= 11 is 0. The second-order valence-corrected chi connectivity index (χ2v) is 4.31. The molecular weight excluding hydrogens is 230 g/mol. The number of amides is 1. The van der Waals surface area contributed by atoms with Crippen molar-refractivity contribution in [2.24, 2.45) is 5.73 Å². The Labute approximate surface area is 107 Å². The molecule has 0 aliphatic carbocycles. The van der Waals surface area contributed by atoms with Crippen LogP contribution in [0.15, 0.2) is 18.2 Å².